The molecule has 1 aromatic carbocycles. The highest BCUT2D eigenvalue weighted by molar-refractivity contribution is 8.00. The number of thioether (sulfide) groups is 1. The standard InChI is InChI=1S/C20H29Cl2N3O3S/c1-23(2)6-3-7-25(13-16-4-5-17(21)18(22)12-16)20(27)15-29-14-19(26)24-8-10-28-11-9-24/h4-5,12H,3,6-11,13-15H2,1-2H3. The minimum atomic E-state index is 0.0228. The van der Waals surface area contributed by atoms with Crippen LogP contribution in [-0.4, -0.2) is 91.5 Å². The first-order valence-electron chi connectivity index (χ1n) is 9.66. The van der Waals surface area contributed by atoms with E-state index in [9.17, 15) is 9.59 Å². The zero-order valence-electron chi connectivity index (χ0n) is 17.0. The Hall–Kier alpha value is -0.990. The van der Waals surface area contributed by atoms with Crippen molar-refractivity contribution in [3.05, 3.63) is 33.8 Å². The number of carbonyl (C=O) groups excluding carboxylic acids is 2. The van der Waals surface area contributed by atoms with Gasteiger partial charge in [-0.1, -0.05) is 29.3 Å². The number of nitrogens with zero attached hydrogens (tertiary/aromatic N) is 3. The predicted octanol–water partition coefficient (Wildman–Crippen LogP) is 2.87. The van der Waals surface area contributed by atoms with Crippen molar-refractivity contribution in [2.75, 3.05) is 65.0 Å². The minimum Gasteiger partial charge on any atom is -0.378 e. The lowest BCUT2D eigenvalue weighted by Crippen LogP contribution is -2.42. The molecule has 9 heteroatoms. The summed E-state index contributed by atoms with van der Waals surface area (Å²) < 4.78 is 5.27. The number of rotatable bonds is 10. The van der Waals surface area contributed by atoms with Crippen molar-refractivity contribution in [3.63, 3.8) is 0 Å². The molecule has 1 saturated heterocycles. The Kier molecular flexibility index (Phi) is 10.6. The van der Waals surface area contributed by atoms with Crippen molar-refractivity contribution in [3.8, 4) is 0 Å². The van der Waals surface area contributed by atoms with Crippen LogP contribution in [0.25, 0.3) is 0 Å². The van der Waals surface area contributed by atoms with Crippen LogP contribution in [0, 0.1) is 0 Å². The third-order valence-electron chi connectivity index (χ3n) is 4.56. The topological polar surface area (TPSA) is 53.1 Å². The molecule has 2 rings (SSSR count). The number of carbonyl (C=O) groups is 2. The van der Waals surface area contributed by atoms with E-state index in [1.54, 1.807) is 17.0 Å². The molecule has 1 aromatic rings. The molecule has 0 radical (unpaired) electrons. The molecule has 0 saturated carbocycles. The van der Waals surface area contributed by atoms with Gasteiger partial charge in [-0.2, -0.15) is 0 Å². The van der Waals surface area contributed by atoms with E-state index >= 15 is 0 Å². The highest BCUT2D eigenvalue weighted by Gasteiger charge is 2.19. The second-order valence-corrected chi connectivity index (χ2v) is 9.01. The quantitative estimate of drug-likeness (QED) is 0.536. The summed E-state index contributed by atoms with van der Waals surface area (Å²) in [4.78, 5) is 30.8. The summed E-state index contributed by atoms with van der Waals surface area (Å²) in [5.41, 5.74) is 0.937. The SMILES string of the molecule is CN(C)CCCN(Cc1ccc(Cl)c(Cl)c1)C(=O)CSCC(=O)N1CCOCC1. The second-order valence-electron chi connectivity index (χ2n) is 7.21. The van der Waals surface area contributed by atoms with Crippen LogP contribution in [0.4, 0.5) is 0 Å². The van der Waals surface area contributed by atoms with Crippen LogP contribution in [-0.2, 0) is 20.9 Å². The van der Waals surface area contributed by atoms with Gasteiger partial charge >= 0.3 is 0 Å². The second kappa shape index (κ2) is 12.6. The van der Waals surface area contributed by atoms with E-state index in [4.69, 9.17) is 27.9 Å². The molecule has 29 heavy (non-hydrogen) atoms. The van der Waals surface area contributed by atoms with E-state index in [2.05, 4.69) is 4.90 Å². The van der Waals surface area contributed by atoms with Gasteiger partial charge in [0.25, 0.3) is 0 Å². The summed E-state index contributed by atoms with van der Waals surface area (Å²) in [5, 5.41) is 0.980. The molecular weight excluding hydrogens is 433 g/mol. The third kappa shape index (κ3) is 8.72. The molecule has 2 amide bonds. The zero-order chi connectivity index (χ0) is 21.2. The summed E-state index contributed by atoms with van der Waals surface area (Å²) >= 11 is 13.5. The average Bonchev–Trinajstić information content (AvgIpc) is 2.70. The van der Waals surface area contributed by atoms with Crippen molar-refractivity contribution in [1.29, 1.82) is 0 Å². The van der Waals surface area contributed by atoms with Crippen LogP contribution < -0.4 is 0 Å². The fourth-order valence-electron chi connectivity index (χ4n) is 2.95. The number of benzene rings is 1. The van der Waals surface area contributed by atoms with E-state index in [-0.39, 0.29) is 17.6 Å². The zero-order valence-corrected chi connectivity index (χ0v) is 19.4. The number of halogens is 2. The molecule has 0 aromatic heterocycles. The first kappa shape index (κ1) is 24.3. The number of hydrogen-bond acceptors (Lipinski definition) is 5. The van der Waals surface area contributed by atoms with Crippen LogP contribution in [0.5, 0.6) is 0 Å². The number of amides is 2. The van der Waals surface area contributed by atoms with Crippen molar-refractivity contribution < 1.29 is 14.3 Å². The Labute approximate surface area is 187 Å². The molecule has 0 bridgehead atoms. The van der Waals surface area contributed by atoms with Crippen LogP contribution in [0.2, 0.25) is 10.0 Å². The lowest BCUT2D eigenvalue weighted by atomic mass is 10.2. The molecule has 0 aliphatic carbocycles. The van der Waals surface area contributed by atoms with Crippen LogP contribution >= 0.6 is 35.0 Å². The van der Waals surface area contributed by atoms with Gasteiger partial charge < -0.3 is 19.4 Å². The highest BCUT2D eigenvalue weighted by Crippen LogP contribution is 2.23. The Morgan fingerprint density at radius 3 is 2.48 bits per heavy atom. The maximum atomic E-state index is 12.8. The summed E-state index contributed by atoms with van der Waals surface area (Å²) in [6.45, 7) is 4.43. The molecule has 162 valence electrons. The van der Waals surface area contributed by atoms with Gasteiger partial charge in [-0.05, 0) is 44.8 Å². The molecule has 6 nitrogen and oxygen atoms in total. The smallest absolute Gasteiger partial charge is 0.232 e. The predicted molar refractivity (Wildman–Crippen MR) is 120 cm³/mol. The molecular formula is C20H29Cl2N3O3S. The Balaban J connectivity index is 1.88. The maximum Gasteiger partial charge on any atom is 0.232 e. The van der Waals surface area contributed by atoms with Crippen molar-refractivity contribution in [2.45, 2.75) is 13.0 Å². The highest BCUT2D eigenvalue weighted by atomic mass is 35.5. The van der Waals surface area contributed by atoms with Crippen LogP contribution in [0.15, 0.2) is 18.2 Å². The Morgan fingerprint density at radius 2 is 1.83 bits per heavy atom. The van der Waals surface area contributed by atoms with E-state index in [0.29, 0.717) is 55.2 Å². The molecule has 0 atom stereocenters. The molecule has 1 fully saturated rings. The minimum absolute atomic E-state index is 0.0228. The molecule has 1 aliphatic heterocycles. The van der Waals surface area contributed by atoms with Gasteiger partial charge in [0, 0.05) is 26.2 Å². The fraction of sp³-hybridized carbons (Fsp3) is 0.600. The Morgan fingerprint density at radius 1 is 1.10 bits per heavy atom. The van der Waals surface area contributed by atoms with Gasteiger partial charge in [-0.3, -0.25) is 9.59 Å². The van der Waals surface area contributed by atoms with E-state index < -0.39 is 0 Å². The maximum absolute atomic E-state index is 12.8. The van der Waals surface area contributed by atoms with Crippen LogP contribution in [0.3, 0.4) is 0 Å². The van der Waals surface area contributed by atoms with E-state index in [1.165, 1.54) is 11.8 Å². The monoisotopic (exact) mass is 461 g/mol. The largest absolute Gasteiger partial charge is 0.378 e. The fourth-order valence-corrected chi connectivity index (χ4v) is 4.09. The summed E-state index contributed by atoms with van der Waals surface area (Å²) in [7, 11) is 4.02. The lowest BCUT2D eigenvalue weighted by molar-refractivity contribution is -0.132. The normalized spacial score (nSPS) is 14.3. The van der Waals surface area contributed by atoms with Crippen LogP contribution in [0.1, 0.15) is 12.0 Å². The van der Waals surface area contributed by atoms with Crippen molar-refractivity contribution in [1.82, 2.24) is 14.7 Å². The van der Waals surface area contributed by atoms with Gasteiger partial charge in [0.2, 0.25) is 11.8 Å². The molecule has 0 N–H and O–H groups in total. The number of ether oxygens (including phenoxy) is 1. The lowest BCUT2D eigenvalue weighted by Gasteiger charge is -2.27. The van der Waals surface area contributed by atoms with Crippen molar-refractivity contribution >= 4 is 46.8 Å². The third-order valence-corrected chi connectivity index (χ3v) is 6.20. The number of morpholine rings is 1. The summed E-state index contributed by atoms with van der Waals surface area (Å²) in [6, 6.07) is 5.43. The molecule has 1 heterocycles. The summed E-state index contributed by atoms with van der Waals surface area (Å²) in [6.07, 6.45) is 0.872. The van der Waals surface area contributed by atoms with E-state index in [0.717, 1.165) is 18.5 Å². The summed E-state index contributed by atoms with van der Waals surface area (Å²) in [5.74, 6) is 0.674. The molecule has 1 aliphatic rings. The Bertz CT molecular complexity index is 685. The van der Waals surface area contributed by atoms with E-state index in [1.807, 2.05) is 25.1 Å². The van der Waals surface area contributed by atoms with Gasteiger partial charge in [0.05, 0.1) is 34.8 Å². The molecule has 0 unspecified atom stereocenters. The van der Waals surface area contributed by atoms with Crippen molar-refractivity contribution in [2.24, 2.45) is 0 Å². The van der Waals surface area contributed by atoms with Gasteiger partial charge in [0.15, 0.2) is 0 Å². The van der Waals surface area contributed by atoms with Gasteiger partial charge in [0.1, 0.15) is 0 Å². The first-order valence-corrected chi connectivity index (χ1v) is 11.6. The number of hydrogen-bond donors (Lipinski definition) is 0. The van der Waals surface area contributed by atoms with Gasteiger partial charge in [-0.15, -0.1) is 11.8 Å². The van der Waals surface area contributed by atoms with Gasteiger partial charge in [-0.25, -0.2) is 0 Å². The molecule has 0 spiro atoms. The first-order chi connectivity index (χ1) is 13.9. The average molecular weight is 462 g/mol.